The van der Waals surface area contributed by atoms with Gasteiger partial charge in [0.1, 0.15) is 5.60 Å². The van der Waals surface area contributed by atoms with Crippen molar-refractivity contribution in [2.24, 2.45) is 0 Å². The van der Waals surface area contributed by atoms with Gasteiger partial charge in [-0.05, 0) is 19.9 Å². The number of nitriles is 1. The van der Waals surface area contributed by atoms with E-state index in [0.29, 0.717) is 17.0 Å². The van der Waals surface area contributed by atoms with Crippen LogP contribution in [0.3, 0.4) is 0 Å². The van der Waals surface area contributed by atoms with Crippen molar-refractivity contribution >= 4 is 5.65 Å². The molecule has 1 N–H and O–H groups in total. The lowest BCUT2D eigenvalue weighted by Gasteiger charge is -2.14. The third-order valence-corrected chi connectivity index (χ3v) is 2.09. The van der Waals surface area contributed by atoms with E-state index in [1.165, 1.54) is 0 Å². The predicted molar refractivity (Wildman–Crippen MR) is 52.9 cm³/mol. The second-order valence-electron chi connectivity index (χ2n) is 3.84. The van der Waals surface area contributed by atoms with Crippen LogP contribution in [0.25, 0.3) is 5.65 Å². The first-order valence-electron chi connectivity index (χ1n) is 4.50. The molecule has 5 nitrogen and oxygen atoms in total. The molecule has 2 rings (SSSR count). The Balaban J connectivity index is 2.69. The molecule has 0 aliphatic carbocycles. The molecule has 2 aromatic rings. The van der Waals surface area contributed by atoms with Gasteiger partial charge in [0.05, 0.1) is 11.6 Å². The molecule has 0 radical (unpaired) electrons. The third kappa shape index (κ3) is 1.55. The highest BCUT2D eigenvalue weighted by molar-refractivity contribution is 5.45. The van der Waals surface area contributed by atoms with E-state index in [4.69, 9.17) is 5.26 Å². The minimum atomic E-state index is -1.05. The average molecular weight is 202 g/mol. The highest BCUT2D eigenvalue weighted by Gasteiger charge is 2.22. The highest BCUT2D eigenvalue weighted by atomic mass is 16.3. The second-order valence-corrected chi connectivity index (χ2v) is 3.84. The zero-order valence-corrected chi connectivity index (χ0v) is 8.47. The molecule has 0 amide bonds. The van der Waals surface area contributed by atoms with Crippen LogP contribution in [-0.2, 0) is 5.60 Å². The van der Waals surface area contributed by atoms with Crippen LogP contribution < -0.4 is 0 Å². The molecule has 0 saturated heterocycles. The van der Waals surface area contributed by atoms with Crippen molar-refractivity contribution in [3.05, 3.63) is 29.7 Å². The van der Waals surface area contributed by atoms with Crippen LogP contribution in [0.4, 0.5) is 0 Å². The van der Waals surface area contributed by atoms with Gasteiger partial charge < -0.3 is 5.11 Å². The van der Waals surface area contributed by atoms with Crippen LogP contribution in [-0.4, -0.2) is 19.7 Å². The van der Waals surface area contributed by atoms with Crippen molar-refractivity contribution in [1.29, 1.82) is 5.26 Å². The van der Waals surface area contributed by atoms with Crippen molar-refractivity contribution in [3.63, 3.8) is 0 Å². The average Bonchev–Trinajstić information content (AvgIpc) is 2.59. The van der Waals surface area contributed by atoms with Crippen molar-refractivity contribution in [2.45, 2.75) is 19.4 Å². The summed E-state index contributed by atoms with van der Waals surface area (Å²) < 4.78 is 1.67. The van der Waals surface area contributed by atoms with Crippen molar-refractivity contribution in [1.82, 2.24) is 14.6 Å². The molecule has 76 valence electrons. The first kappa shape index (κ1) is 9.62. The zero-order valence-electron chi connectivity index (χ0n) is 8.47. The predicted octanol–water partition coefficient (Wildman–Crippen LogP) is 0.828. The number of aromatic nitrogens is 3. The summed E-state index contributed by atoms with van der Waals surface area (Å²) in [5, 5.41) is 26.3. The largest absolute Gasteiger partial charge is 0.382 e. The van der Waals surface area contributed by atoms with Gasteiger partial charge in [-0.1, -0.05) is 0 Å². The maximum atomic E-state index is 9.81. The van der Waals surface area contributed by atoms with Gasteiger partial charge in [0.25, 0.3) is 0 Å². The number of aliphatic hydroxyl groups is 1. The Labute approximate surface area is 86.6 Å². The topological polar surface area (TPSA) is 74.2 Å². The summed E-state index contributed by atoms with van der Waals surface area (Å²) in [4.78, 5) is 0. The van der Waals surface area contributed by atoms with Crippen LogP contribution in [0, 0.1) is 11.3 Å². The van der Waals surface area contributed by atoms with Crippen LogP contribution in [0.2, 0.25) is 0 Å². The standard InChI is InChI=1S/C10H10N4O/c1-10(2,15)9-13-12-8-5-7(6-11)3-4-14(8)9/h3-5,15H,1-2H3. The maximum absolute atomic E-state index is 9.81. The number of hydrogen-bond acceptors (Lipinski definition) is 4. The molecule has 0 aliphatic rings. The molecule has 15 heavy (non-hydrogen) atoms. The first-order chi connectivity index (χ1) is 7.02. The second kappa shape index (κ2) is 3.04. The van der Waals surface area contributed by atoms with Gasteiger partial charge in [0, 0.05) is 12.3 Å². The lowest BCUT2D eigenvalue weighted by atomic mass is 10.1. The Kier molecular flexibility index (Phi) is 1.95. The fourth-order valence-electron chi connectivity index (χ4n) is 1.38. The summed E-state index contributed by atoms with van der Waals surface area (Å²) in [6.45, 7) is 3.28. The van der Waals surface area contributed by atoms with Crippen LogP contribution in [0.1, 0.15) is 25.2 Å². The van der Waals surface area contributed by atoms with Gasteiger partial charge in [0.2, 0.25) is 0 Å². The fraction of sp³-hybridized carbons (Fsp3) is 0.300. The molecule has 0 aliphatic heterocycles. The summed E-state index contributed by atoms with van der Waals surface area (Å²) in [7, 11) is 0. The Morgan fingerprint density at radius 2 is 2.20 bits per heavy atom. The molecular formula is C10H10N4O. The summed E-state index contributed by atoms with van der Waals surface area (Å²) in [6, 6.07) is 5.31. The summed E-state index contributed by atoms with van der Waals surface area (Å²) in [5.74, 6) is 0.460. The van der Waals surface area contributed by atoms with E-state index in [9.17, 15) is 5.11 Å². The van der Waals surface area contributed by atoms with Crippen molar-refractivity contribution in [2.75, 3.05) is 0 Å². The molecule has 0 bridgehead atoms. The smallest absolute Gasteiger partial charge is 0.168 e. The monoisotopic (exact) mass is 202 g/mol. The van der Waals surface area contributed by atoms with Gasteiger partial charge in [-0.2, -0.15) is 5.26 Å². The Morgan fingerprint density at radius 1 is 1.47 bits per heavy atom. The maximum Gasteiger partial charge on any atom is 0.168 e. The van der Waals surface area contributed by atoms with Crippen LogP contribution >= 0.6 is 0 Å². The Morgan fingerprint density at radius 3 is 2.80 bits per heavy atom. The van der Waals surface area contributed by atoms with Gasteiger partial charge >= 0.3 is 0 Å². The van der Waals surface area contributed by atoms with Gasteiger partial charge in [0.15, 0.2) is 11.5 Å². The molecule has 0 saturated carbocycles. The molecule has 0 unspecified atom stereocenters. The van der Waals surface area contributed by atoms with E-state index < -0.39 is 5.60 Å². The van der Waals surface area contributed by atoms with E-state index in [0.717, 1.165) is 0 Å². The number of hydrogen-bond donors (Lipinski definition) is 1. The summed E-state index contributed by atoms with van der Waals surface area (Å²) in [6.07, 6.45) is 1.68. The molecule has 0 spiro atoms. The van der Waals surface area contributed by atoms with Crippen molar-refractivity contribution in [3.8, 4) is 6.07 Å². The molecule has 2 heterocycles. The van der Waals surface area contributed by atoms with Gasteiger partial charge in [-0.15, -0.1) is 10.2 Å². The fourth-order valence-corrected chi connectivity index (χ4v) is 1.38. The van der Waals surface area contributed by atoms with E-state index in [-0.39, 0.29) is 0 Å². The normalized spacial score (nSPS) is 11.6. The Bertz CT molecular complexity index is 545. The van der Waals surface area contributed by atoms with E-state index in [2.05, 4.69) is 10.2 Å². The molecule has 5 heteroatoms. The number of pyridine rings is 1. The van der Waals surface area contributed by atoms with E-state index in [1.54, 1.807) is 36.6 Å². The van der Waals surface area contributed by atoms with Gasteiger partial charge in [-0.25, -0.2) is 0 Å². The molecule has 0 atom stereocenters. The summed E-state index contributed by atoms with van der Waals surface area (Å²) in [5.41, 5.74) is 0.0384. The molecule has 2 aromatic heterocycles. The third-order valence-electron chi connectivity index (χ3n) is 2.09. The Hall–Kier alpha value is -1.93. The van der Waals surface area contributed by atoms with Crippen molar-refractivity contribution < 1.29 is 5.11 Å². The number of fused-ring (bicyclic) bond motifs is 1. The zero-order chi connectivity index (χ0) is 11.1. The molecule has 0 fully saturated rings. The molecule has 0 aromatic carbocycles. The number of nitrogens with zero attached hydrogens (tertiary/aromatic N) is 4. The first-order valence-corrected chi connectivity index (χ1v) is 4.50. The van der Waals surface area contributed by atoms with E-state index in [1.807, 2.05) is 6.07 Å². The quantitative estimate of drug-likeness (QED) is 0.743. The highest BCUT2D eigenvalue weighted by Crippen LogP contribution is 2.18. The van der Waals surface area contributed by atoms with Gasteiger partial charge in [-0.3, -0.25) is 4.40 Å². The minimum Gasteiger partial charge on any atom is -0.382 e. The molecular weight excluding hydrogens is 192 g/mol. The lowest BCUT2D eigenvalue weighted by Crippen LogP contribution is -2.19. The van der Waals surface area contributed by atoms with Crippen LogP contribution in [0.15, 0.2) is 18.3 Å². The number of rotatable bonds is 1. The minimum absolute atomic E-state index is 0.460. The van der Waals surface area contributed by atoms with E-state index >= 15 is 0 Å². The summed E-state index contributed by atoms with van der Waals surface area (Å²) >= 11 is 0. The van der Waals surface area contributed by atoms with Crippen LogP contribution in [0.5, 0.6) is 0 Å². The SMILES string of the molecule is CC(C)(O)c1nnc2cc(C#N)ccn12. The lowest BCUT2D eigenvalue weighted by molar-refractivity contribution is 0.0676.